The summed E-state index contributed by atoms with van der Waals surface area (Å²) in [6, 6.07) is 18.3. The Bertz CT molecular complexity index is 1420. The third-order valence-electron chi connectivity index (χ3n) is 6.85. The number of nitrogens with one attached hydrogen (secondary N) is 1. The van der Waals surface area contributed by atoms with E-state index in [-0.39, 0.29) is 23.2 Å². The van der Waals surface area contributed by atoms with E-state index in [1.807, 2.05) is 53.4 Å². The van der Waals surface area contributed by atoms with Gasteiger partial charge in [0.2, 0.25) is 5.75 Å². The number of benzene rings is 3. The number of carbonyl (C=O) groups excluding carboxylic acids is 1. The molecule has 0 bridgehead atoms. The van der Waals surface area contributed by atoms with E-state index in [0.717, 1.165) is 33.8 Å². The number of amides is 1. The summed E-state index contributed by atoms with van der Waals surface area (Å²) in [4.78, 5) is 15.5. The largest absolute Gasteiger partial charge is 0.502 e. The summed E-state index contributed by atoms with van der Waals surface area (Å²) in [6.07, 6.45) is 0.633. The van der Waals surface area contributed by atoms with Crippen LogP contribution >= 0.6 is 0 Å². The van der Waals surface area contributed by atoms with Crippen molar-refractivity contribution in [1.82, 2.24) is 15.1 Å². The van der Waals surface area contributed by atoms with Crippen molar-refractivity contribution in [2.45, 2.75) is 12.5 Å². The number of phenolic OH excluding ortho intramolecular Hbond substituents is 1. The predicted octanol–water partition coefficient (Wildman–Crippen LogP) is 4.60. The van der Waals surface area contributed by atoms with Crippen LogP contribution in [0.15, 0.2) is 60.7 Å². The van der Waals surface area contributed by atoms with Crippen LogP contribution in [0.1, 0.15) is 33.2 Å². The number of fused-ring (bicyclic) bond motifs is 1. The Morgan fingerprint density at radius 3 is 2.00 bits per heavy atom. The van der Waals surface area contributed by atoms with Gasteiger partial charge in [-0.25, -0.2) is 0 Å². The van der Waals surface area contributed by atoms with E-state index >= 15 is 0 Å². The van der Waals surface area contributed by atoms with Crippen LogP contribution in [0, 0.1) is 0 Å². The Morgan fingerprint density at radius 1 is 0.868 bits per heavy atom. The number of nitrogens with zero attached hydrogens (tertiary/aromatic N) is 2. The van der Waals surface area contributed by atoms with Crippen LogP contribution in [0.2, 0.25) is 0 Å². The van der Waals surface area contributed by atoms with E-state index in [1.54, 1.807) is 26.4 Å². The molecule has 0 spiro atoms. The molecule has 1 aliphatic rings. The number of hydrogen-bond acceptors (Lipinski definition) is 7. The zero-order valence-corrected chi connectivity index (χ0v) is 21.6. The van der Waals surface area contributed by atoms with Crippen molar-refractivity contribution in [2.75, 3.05) is 35.0 Å². The van der Waals surface area contributed by atoms with Crippen molar-refractivity contribution < 1.29 is 28.8 Å². The van der Waals surface area contributed by atoms with Crippen LogP contribution in [-0.2, 0) is 6.42 Å². The molecule has 0 saturated carbocycles. The van der Waals surface area contributed by atoms with Crippen molar-refractivity contribution in [3.8, 4) is 40.0 Å². The van der Waals surface area contributed by atoms with E-state index in [0.29, 0.717) is 24.4 Å². The lowest BCUT2D eigenvalue weighted by atomic mass is 9.95. The lowest BCUT2D eigenvalue weighted by Crippen LogP contribution is -2.31. The molecule has 0 saturated heterocycles. The van der Waals surface area contributed by atoms with Gasteiger partial charge in [0, 0.05) is 17.7 Å². The highest BCUT2D eigenvalue weighted by Crippen LogP contribution is 2.47. The van der Waals surface area contributed by atoms with Crippen molar-refractivity contribution in [1.29, 1.82) is 0 Å². The predicted molar refractivity (Wildman–Crippen MR) is 141 cm³/mol. The average molecular weight is 516 g/mol. The average Bonchev–Trinajstić information content (AvgIpc) is 3.51. The zero-order valence-electron chi connectivity index (χ0n) is 21.6. The standard InChI is InChI=1S/C29H29N3O6/c1-35-20-9-5-17(6-10-20)13-14-32-27(19-15-22(37-3)28(33)23(16-19)38-4)24-25(30-31-26(24)29(32)34)18-7-11-21(36-2)12-8-18/h5-12,15-16,27,33H,13-14H2,1-4H3,(H,30,31). The fourth-order valence-electron chi connectivity index (χ4n) is 4.86. The molecule has 0 radical (unpaired) electrons. The van der Waals surface area contributed by atoms with E-state index in [1.165, 1.54) is 14.2 Å². The molecule has 5 rings (SSSR count). The van der Waals surface area contributed by atoms with Crippen molar-refractivity contribution in [3.05, 3.63) is 83.0 Å². The topological polar surface area (TPSA) is 106 Å². The van der Waals surface area contributed by atoms with Gasteiger partial charge in [0.25, 0.3) is 5.91 Å². The summed E-state index contributed by atoms with van der Waals surface area (Å²) in [7, 11) is 6.20. The minimum atomic E-state index is -0.491. The molecule has 0 fully saturated rings. The third kappa shape index (κ3) is 4.36. The molecule has 1 aliphatic heterocycles. The van der Waals surface area contributed by atoms with Crippen LogP contribution in [0.25, 0.3) is 11.3 Å². The van der Waals surface area contributed by atoms with Gasteiger partial charge >= 0.3 is 0 Å². The monoisotopic (exact) mass is 515 g/mol. The molecular weight excluding hydrogens is 486 g/mol. The second kappa shape index (κ2) is 10.4. The molecule has 4 aromatic rings. The lowest BCUT2D eigenvalue weighted by Gasteiger charge is -2.27. The van der Waals surface area contributed by atoms with Gasteiger partial charge in [-0.3, -0.25) is 9.89 Å². The number of aromatic amines is 1. The molecule has 38 heavy (non-hydrogen) atoms. The van der Waals surface area contributed by atoms with Gasteiger partial charge < -0.3 is 29.0 Å². The maximum atomic E-state index is 13.7. The smallest absolute Gasteiger partial charge is 0.273 e. The van der Waals surface area contributed by atoms with E-state index in [4.69, 9.17) is 18.9 Å². The van der Waals surface area contributed by atoms with Crippen molar-refractivity contribution in [3.63, 3.8) is 0 Å². The van der Waals surface area contributed by atoms with Crippen LogP contribution in [0.4, 0.5) is 0 Å². The molecular formula is C29H29N3O6. The van der Waals surface area contributed by atoms with Gasteiger partial charge in [-0.2, -0.15) is 5.10 Å². The highest BCUT2D eigenvalue weighted by molar-refractivity contribution is 6.00. The number of methoxy groups -OCH3 is 4. The second-order valence-electron chi connectivity index (χ2n) is 8.86. The highest BCUT2D eigenvalue weighted by Gasteiger charge is 2.42. The molecule has 1 aromatic heterocycles. The Labute approximate surface area is 220 Å². The summed E-state index contributed by atoms with van der Waals surface area (Å²) in [6.45, 7) is 0.450. The van der Waals surface area contributed by atoms with E-state index in [9.17, 15) is 9.90 Å². The maximum Gasteiger partial charge on any atom is 0.273 e. The molecule has 196 valence electrons. The number of aromatic hydroxyl groups is 1. The summed E-state index contributed by atoms with van der Waals surface area (Å²) in [5.74, 6) is 1.75. The van der Waals surface area contributed by atoms with Crippen LogP contribution in [0.3, 0.4) is 0 Å². The quantitative estimate of drug-likeness (QED) is 0.335. The normalized spacial score (nSPS) is 14.4. The molecule has 1 amide bonds. The van der Waals surface area contributed by atoms with Gasteiger partial charge in [0.1, 0.15) is 17.2 Å². The summed E-state index contributed by atoms with van der Waals surface area (Å²) < 4.78 is 21.4. The number of ether oxygens (including phenoxy) is 4. The molecule has 2 N–H and O–H groups in total. The Balaban J connectivity index is 1.59. The summed E-state index contributed by atoms with van der Waals surface area (Å²) >= 11 is 0. The molecule has 1 unspecified atom stereocenters. The van der Waals surface area contributed by atoms with Crippen LogP contribution < -0.4 is 18.9 Å². The number of carbonyl (C=O) groups is 1. The first kappa shape index (κ1) is 25.0. The molecule has 1 atom stereocenters. The second-order valence-corrected chi connectivity index (χ2v) is 8.86. The van der Waals surface area contributed by atoms with E-state index in [2.05, 4.69) is 10.2 Å². The first-order valence-electron chi connectivity index (χ1n) is 12.1. The first-order valence-corrected chi connectivity index (χ1v) is 12.1. The Hall–Kier alpha value is -4.66. The first-order chi connectivity index (χ1) is 18.5. The van der Waals surface area contributed by atoms with Gasteiger partial charge in [0.05, 0.1) is 40.2 Å². The van der Waals surface area contributed by atoms with Crippen molar-refractivity contribution in [2.24, 2.45) is 0 Å². The molecule has 0 aliphatic carbocycles. The number of H-pyrrole nitrogens is 1. The van der Waals surface area contributed by atoms with Crippen LogP contribution in [-0.4, -0.2) is 61.1 Å². The van der Waals surface area contributed by atoms with Gasteiger partial charge in [-0.15, -0.1) is 0 Å². The SMILES string of the molecule is COc1ccc(CCN2C(=O)c3[nH]nc(-c4ccc(OC)cc4)c3C2c2cc(OC)c(O)c(OC)c2)cc1. The minimum absolute atomic E-state index is 0.101. The zero-order chi connectivity index (χ0) is 26.8. The number of rotatable bonds is 9. The number of hydrogen-bond donors (Lipinski definition) is 2. The van der Waals surface area contributed by atoms with Gasteiger partial charge in [0.15, 0.2) is 11.5 Å². The maximum absolute atomic E-state index is 13.7. The molecule has 9 nitrogen and oxygen atoms in total. The van der Waals surface area contributed by atoms with E-state index < -0.39 is 6.04 Å². The molecule has 9 heteroatoms. The van der Waals surface area contributed by atoms with Crippen molar-refractivity contribution >= 4 is 5.91 Å². The fraction of sp³-hybridized carbons (Fsp3) is 0.241. The summed E-state index contributed by atoms with van der Waals surface area (Å²) in [5, 5.41) is 18.0. The Kier molecular flexibility index (Phi) is 6.83. The minimum Gasteiger partial charge on any atom is -0.502 e. The summed E-state index contributed by atoms with van der Waals surface area (Å²) in [5.41, 5.74) is 4.50. The highest BCUT2D eigenvalue weighted by atomic mass is 16.5. The molecule has 3 aromatic carbocycles. The Morgan fingerprint density at radius 2 is 1.45 bits per heavy atom. The number of phenols is 1. The lowest BCUT2D eigenvalue weighted by molar-refractivity contribution is 0.0745. The van der Waals surface area contributed by atoms with Crippen LogP contribution in [0.5, 0.6) is 28.7 Å². The third-order valence-corrected chi connectivity index (χ3v) is 6.85. The molecule has 2 heterocycles. The van der Waals surface area contributed by atoms with Gasteiger partial charge in [-0.05, 0) is 66.1 Å². The van der Waals surface area contributed by atoms with Gasteiger partial charge in [-0.1, -0.05) is 12.1 Å². The fourth-order valence-corrected chi connectivity index (χ4v) is 4.86. The number of aromatic nitrogens is 2.